The van der Waals surface area contributed by atoms with Gasteiger partial charge in [-0.05, 0) is 22.9 Å². The molecular formula is C14H8N2S3. The van der Waals surface area contributed by atoms with E-state index in [0.29, 0.717) is 0 Å². The largest absolute Gasteiger partial charge is 0.172 e. The van der Waals surface area contributed by atoms with E-state index in [2.05, 4.69) is 55.9 Å². The predicted molar refractivity (Wildman–Crippen MR) is 84.0 cm³/mol. The molecule has 0 unspecified atom stereocenters. The molecule has 0 radical (unpaired) electrons. The molecule has 0 aliphatic rings. The van der Waals surface area contributed by atoms with Crippen LogP contribution in [0.15, 0.2) is 47.2 Å². The fourth-order valence-corrected chi connectivity index (χ4v) is 4.21. The molecule has 4 rings (SSSR count). The molecule has 3 heterocycles. The van der Waals surface area contributed by atoms with Gasteiger partial charge in [-0.25, -0.2) is 0 Å². The Balaban J connectivity index is 2.01. The van der Waals surface area contributed by atoms with Gasteiger partial charge in [-0.2, -0.15) is 8.75 Å². The monoisotopic (exact) mass is 300 g/mol. The number of fused-ring (bicyclic) bond motifs is 1. The van der Waals surface area contributed by atoms with Gasteiger partial charge in [0.1, 0.15) is 11.0 Å². The summed E-state index contributed by atoms with van der Waals surface area (Å²) in [5.41, 5.74) is 4.38. The second kappa shape index (κ2) is 4.52. The maximum Gasteiger partial charge on any atom is 0.114 e. The van der Waals surface area contributed by atoms with Crippen LogP contribution in [0.1, 0.15) is 0 Å². The van der Waals surface area contributed by atoms with E-state index in [1.807, 2.05) is 0 Å². The molecule has 4 aromatic rings. The summed E-state index contributed by atoms with van der Waals surface area (Å²) in [6.45, 7) is 0. The molecule has 0 N–H and O–H groups in total. The molecule has 0 atom stereocenters. The molecule has 3 aromatic heterocycles. The van der Waals surface area contributed by atoms with Crippen molar-refractivity contribution in [2.45, 2.75) is 0 Å². The normalized spacial score (nSPS) is 11.2. The van der Waals surface area contributed by atoms with E-state index < -0.39 is 0 Å². The van der Waals surface area contributed by atoms with Crippen molar-refractivity contribution in [3.63, 3.8) is 0 Å². The van der Waals surface area contributed by atoms with Crippen LogP contribution in [0.25, 0.3) is 31.9 Å². The van der Waals surface area contributed by atoms with E-state index in [4.69, 9.17) is 0 Å². The van der Waals surface area contributed by atoms with Crippen LogP contribution < -0.4 is 0 Å². The molecule has 0 amide bonds. The summed E-state index contributed by atoms with van der Waals surface area (Å²) >= 11 is 4.76. The third-order valence-electron chi connectivity index (χ3n) is 2.99. The van der Waals surface area contributed by atoms with Crippen LogP contribution in [0.4, 0.5) is 0 Å². The zero-order valence-electron chi connectivity index (χ0n) is 9.74. The number of aromatic nitrogens is 2. The van der Waals surface area contributed by atoms with Crippen molar-refractivity contribution in [2.75, 3.05) is 0 Å². The van der Waals surface area contributed by atoms with E-state index in [0.717, 1.165) is 11.0 Å². The lowest BCUT2D eigenvalue weighted by molar-refractivity contribution is 1.63. The van der Waals surface area contributed by atoms with Crippen LogP contribution in [0.5, 0.6) is 0 Å². The zero-order valence-corrected chi connectivity index (χ0v) is 12.2. The van der Waals surface area contributed by atoms with E-state index in [9.17, 15) is 0 Å². The minimum Gasteiger partial charge on any atom is -0.172 e. The summed E-state index contributed by atoms with van der Waals surface area (Å²) < 4.78 is 8.97. The Kier molecular flexibility index (Phi) is 2.69. The third-order valence-corrected chi connectivity index (χ3v) is 5.32. The number of rotatable bonds is 2. The van der Waals surface area contributed by atoms with E-state index in [1.165, 1.54) is 32.6 Å². The van der Waals surface area contributed by atoms with Crippen molar-refractivity contribution in [3.8, 4) is 20.9 Å². The lowest BCUT2D eigenvalue weighted by Crippen LogP contribution is -1.81. The Bertz CT molecular complexity index is 746. The summed E-state index contributed by atoms with van der Waals surface area (Å²) in [7, 11) is 0. The van der Waals surface area contributed by atoms with Crippen LogP contribution in [0.2, 0.25) is 0 Å². The average molecular weight is 300 g/mol. The minimum atomic E-state index is 1.01. The number of hydrogen-bond donors (Lipinski definition) is 0. The number of benzene rings is 1. The molecule has 0 spiro atoms. The first-order valence-corrected chi connectivity index (χ1v) is 8.25. The van der Waals surface area contributed by atoms with Gasteiger partial charge in [0, 0.05) is 20.9 Å². The van der Waals surface area contributed by atoms with Gasteiger partial charge in [-0.3, -0.25) is 0 Å². The summed E-state index contributed by atoms with van der Waals surface area (Å²) in [4.78, 5) is 2.49. The first kappa shape index (κ1) is 11.3. The summed E-state index contributed by atoms with van der Waals surface area (Å²) in [5, 5.41) is 4.18. The van der Waals surface area contributed by atoms with Crippen molar-refractivity contribution < 1.29 is 0 Å². The Labute approximate surface area is 122 Å². The van der Waals surface area contributed by atoms with Gasteiger partial charge in [-0.1, -0.05) is 24.3 Å². The lowest BCUT2D eigenvalue weighted by Gasteiger charge is -2.03. The van der Waals surface area contributed by atoms with Gasteiger partial charge in [0.2, 0.25) is 0 Å². The third kappa shape index (κ3) is 1.82. The molecule has 2 nitrogen and oxygen atoms in total. The Hall–Kier alpha value is -1.56. The molecule has 0 aliphatic heterocycles. The maximum absolute atomic E-state index is 4.49. The smallest absolute Gasteiger partial charge is 0.114 e. The Morgan fingerprint density at radius 1 is 0.684 bits per heavy atom. The molecule has 0 saturated carbocycles. The summed E-state index contributed by atoms with van der Waals surface area (Å²) in [6.07, 6.45) is 0. The highest BCUT2D eigenvalue weighted by Crippen LogP contribution is 2.37. The summed E-state index contributed by atoms with van der Waals surface area (Å²) in [6, 6.07) is 12.7. The topological polar surface area (TPSA) is 25.8 Å². The van der Waals surface area contributed by atoms with Gasteiger partial charge in [0.15, 0.2) is 0 Å². The highest BCUT2D eigenvalue weighted by molar-refractivity contribution is 7.14. The second-order valence-electron chi connectivity index (χ2n) is 4.08. The molecule has 0 bridgehead atoms. The van der Waals surface area contributed by atoms with Gasteiger partial charge in [0.25, 0.3) is 0 Å². The van der Waals surface area contributed by atoms with E-state index >= 15 is 0 Å². The predicted octanol–water partition coefficient (Wildman–Crippen LogP) is 5.15. The van der Waals surface area contributed by atoms with Crippen LogP contribution in [-0.2, 0) is 0 Å². The standard InChI is InChI=1S/C14H8N2S3/c1-3-11(17-7-1)9-5-6-10(12-4-2-8-18-12)14-13(9)15-19-16-14/h1-8H. The number of hydrogen-bond acceptors (Lipinski definition) is 5. The maximum atomic E-state index is 4.49. The van der Waals surface area contributed by atoms with Crippen molar-refractivity contribution >= 4 is 45.4 Å². The molecule has 0 fully saturated rings. The van der Waals surface area contributed by atoms with Crippen molar-refractivity contribution in [2.24, 2.45) is 0 Å². The molecule has 92 valence electrons. The Morgan fingerprint density at radius 3 is 1.63 bits per heavy atom. The molecule has 0 saturated heterocycles. The lowest BCUT2D eigenvalue weighted by atomic mass is 10.1. The zero-order chi connectivity index (χ0) is 12.7. The quantitative estimate of drug-likeness (QED) is 0.512. The average Bonchev–Trinajstić information content (AvgIpc) is 3.19. The molecule has 1 aromatic carbocycles. The van der Waals surface area contributed by atoms with Gasteiger partial charge >= 0.3 is 0 Å². The molecular weight excluding hydrogens is 292 g/mol. The molecule has 5 heteroatoms. The molecule has 19 heavy (non-hydrogen) atoms. The van der Waals surface area contributed by atoms with Crippen molar-refractivity contribution in [1.82, 2.24) is 8.75 Å². The van der Waals surface area contributed by atoms with Crippen molar-refractivity contribution in [3.05, 3.63) is 47.2 Å². The fourth-order valence-electron chi connectivity index (χ4n) is 2.13. The molecule has 0 aliphatic carbocycles. The van der Waals surface area contributed by atoms with Crippen LogP contribution >= 0.6 is 34.4 Å². The minimum absolute atomic E-state index is 1.01. The van der Waals surface area contributed by atoms with E-state index in [-0.39, 0.29) is 0 Å². The first-order chi connectivity index (χ1) is 9.43. The van der Waals surface area contributed by atoms with Gasteiger partial charge < -0.3 is 0 Å². The SMILES string of the molecule is c1csc(-c2ccc(-c3cccs3)c3nsnc23)c1. The van der Waals surface area contributed by atoms with Crippen LogP contribution in [0, 0.1) is 0 Å². The first-order valence-electron chi connectivity index (χ1n) is 5.76. The van der Waals surface area contributed by atoms with Gasteiger partial charge in [0.05, 0.1) is 11.7 Å². The number of thiophene rings is 2. The highest BCUT2D eigenvalue weighted by Gasteiger charge is 2.13. The fraction of sp³-hybridized carbons (Fsp3) is 0. The van der Waals surface area contributed by atoms with Crippen LogP contribution in [-0.4, -0.2) is 8.75 Å². The van der Waals surface area contributed by atoms with E-state index in [1.54, 1.807) is 22.7 Å². The number of nitrogens with zero attached hydrogens (tertiary/aromatic N) is 2. The Morgan fingerprint density at radius 2 is 1.21 bits per heavy atom. The summed E-state index contributed by atoms with van der Waals surface area (Å²) in [5.74, 6) is 0. The van der Waals surface area contributed by atoms with Crippen molar-refractivity contribution in [1.29, 1.82) is 0 Å². The highest BCUT2D eigenvalue weighted by atomic mass is 32.1. The second-order valence-corrected chi connectivity index (χ2v) is 6.50. The van der Waals surface area contributed by atoms with Crippen LogP contribution in [0.3, 0.4) is 0 Å². The van der Waals surface area contributed by atoms with Gasteiger partial charge in [-0.15, -0.1) is 22.7 Å².